The van der Waals surface area contributed by atoms with Crippen LogP contribution >= 0.6 is 0 Å². The molecule has 7 atom stereocenters. The van der Waals surface area contributed by atoms with E-state index in [4.69, 9.17) is 30.4 Å². The second-order valence-corrected chi connectivity index (χ2v) is 13.2. The van der Waals surface area contributed by atoms with Crippen LogP contribution in [0.15, 0.2) is 96.0 Å². The van der Waals surface area contributed by atoms with E-state index >= 15 is 0 Å². The zero-order valence-electron chi connectivity index (χ0n) is 29.9. The number of hydrogen-bond donors (Lipinski definition) is 6. The molecule has 2 aliphatic heterocycles. The number of nitrogens with zero attached hydrogens (tertiary/aromatic N) is 1. The summed E-state index contributed by atoms with van der Waals surface area (Å²) in [7, 11) is 0. The standard InChI is InChI=1S/C39H48N6O9/c40-39(41)42-18-10-17-29-32(49)33-34(51-22-25-11-4-1-5-12-25)35(52-23-26-13-6-2-7-14-26)36(53-24-27-15-8-3-9-16-27)38(54-33)44-20-28(19-31(47)48)37(50)43-21-30(46)45-29/h1-9,11-16,28-29,33-36,38,44H,10,17-24H2,(H,43,50)(H,45,46)(H,47,48)(H4,40,41,42)/t28-,29+,33+,34+,35-,36+,38-/m0/s1. The number of carbonyl (C=O) groups is 4. The van der Waals surface area contributed by atoms with Crippen molar-refractivity contribution in [3.05, 3.63) is 108 Å². The highest BCUT2D eigenvalue weighted by atomic mass is 16.6. The molecule has 2 aliphatic rings. The van der Waals surface area contributed by atoms with Gasteiger partial charge >= 0.3 is 5.97 Å². The van der Waals surface area contributed by atoms with Crippen LogP contribution in [0, 0.1) is 5.92 Å². The van der Waals surface area contributed by atoms with Gasteiger partial charge in [0.1, 0.15) is 30.6 Å². The fourth-order valence-electron chi connectivity index (χ4n) is 6.36. The van der Waals surface area contributed by atoms with Gasteiger partial charge < -0.3 is 46.2 Å². The number of ketones is 1. The van der Waals surface area contributed by atoms with Gasteiger partial charge in [0.05, 0.1) is 44.7 Å². The quantitative estimate of drug-likeness (QED) is 0.0738. The minimum Gasteiger partial charge on any atom is -0.481 e. The number of Topliss-reactive ketones (excluding diaryl/α,β-unsaturated/α-hetero) is 1. The molecule has 3 aromatic rings. The molecule has 0 aromatic heterocycles. The molecule has 0 unspecified atom stereocenters. The van der Waals surface area contributed by atoms with E-state index in [0.717, 1.165) is 16.7 Å². The maximum Gasteiger partial charge on any atom is 0.304 e. The van der Waals surface area contributed by atoms with E-state index in [1.807, 2.05) is 91.0 Å². The fraction of sp³-hybridized carbons (Fsp3) is 0.410. The third-order valence-electron chi connectivity index (χ3n) is 9.08. The SMILES string of the molecule is NC(N)=NCCC[C@H]1NC(=O)CNC(=O)[C@@H](CC(=O)O)CN[C@H]2O[C@H](C1=O)[C@@H](OCc1ccccc1)[C@H](OCc1ccccc1)[C@H]2OCc1ccccc1. The third kappa shape index (κ3) is 11.9. The Balaban J connectivity index is 1.57. The van der Waals surface area contributed by atoms with Crippen LogP contribution in [0.5, 0.6) is 0 Å². The van der Waals surface area contributed by atoms with Crippen molar-refractivity contribution in [3.63, 3.8) is 0 Å². The number of carboxylic acid groups (broad SMARTS) is 1. The third-order valence-corrected chi connectivity index (χ3v) is 9.08. The first-order chi connectivity index (χ1) is 26.2. The molecule has 0 radical (unpaired) electrons. The maximum atomic E-state index is 14.7. The van der Waals surface area contributed by atoms with Crippen LogP contribution < -0.4 is 27.4 Å². The average molecular weight is 745 g/mol. The first kappa shape index (κ1) is 40.0. The molecule has 5 rings (SSSR count). The summed E-state index contributed by atoms with van der Waals surface area (Å²) >= 11 is 0. The first-order valence-electron chi connectivity index (χ1n) is 17.9. The molecule has 2 amide bonds. The summed E-state index contributed by atoms with van der Waals surface area (Å²) < 4.78 is 26.4. The molecule has 2 bridgehead atoms. The highest BCUT2D eigenvalue weighted by Crippen LogP contribution is 2.31. The van der Waals surface area contributed by atoms with Gasteiger partial charge in [-0.25, -0.2) is 0 Å². The molecular weight excluding hydrogens is 696 g/mol. The number of carboxylic acids is 1. The van der Waals surface area contributed by atoms with Crippen LogP contribution in [0.3, 0.4) is 0 Å². The molecule has 2 heterocycles. The lowest BCUT2D eigenvalue weighted by atomic mass is 9.90. The van der Waals surface area contributed by atoms with Crippen LogP contribution in [0.4, 0.5) is 0 Å². The van der Waals surface area contributed by atoms with Gasteiger partial charge in [-0.05, 0) is 29.5 Å². The number of benzene rings is 3. The van der Waals surface area contributed by atoms with E-state index in [0.29, 0.717) is 6.42 Å². The average Bonchev–Trinajstić information content (AvgIpc) is 3.18. The predicted molar refractivity (Wildman–Crippen MR) is 197 cm³/mol. The monoisotopic (exact) mass is 744 g/mol. The zero-order chi connectivity index (χ0) is 38.3. The second-order valence-electron chi connectivity index (χ2n) is 13.2. The van der Waals surface area contributed by atoms with Crippen molar-refractivity contribution >= 4 is 29.5 Å². The molecule has 288 valence electrons. The summed E-state index contributed by atoms with van der Waals surface area (Å²) in [4.78, 5) is 57.1. The Labute approximate surface area is 313 Å². The number of nitrogens with two attached hydrogens (primary N) is 2. The maximum absolute atomic E-state index is 14.7. The van der Waals surface area contributed by atoms with Crippen molar-refractivity contribution in [2.75, 3.05) is 19.6 Å². The van der Waals surface area contributed by atoms with Gasteiger partial charge in [0, 0.05) is 13.1 Å². The summed E-state index contributed by atoms with van der Waals surface area (Å²) in [5.74, 6) is -4.24. The molecule has 3 aromatic carbocycles. The van der Waals surface area contributed by atoms with Crippen LogP contribution in [-0.2, 0) is 57.9 Å². The van der Waals surface area contributed by atoms with Crippen molar-refractivity contribution in [1.29, 1.82) is 0 Å². The van der Waals surface area contributed by atoms with Crippen molar-refractivity contribution in [2.45, 2.75) is 75.8 Å². The van der Waals surface area contributed by atoms with Crippen LogP contribution in [0.2, 0.25) is 0 Å². The Morgan fingerprint density at radius 2 is 1.33 bits per heavy atom. The summed E-state index contributed by atoms with van der Waals surface area (Å²) in [5.41, 5.74) is 13.6. The number of hydrogen-bond acceptors (Lipinski definition) is 10. The first-order valence-corrected chi connectivity index (χ1v) is 17.9. The number of amides is 2. The number of aliphatic imine (C=N–C) groups is 1. The Bertz CT molecular complexity index is 1690. The second kappa shape index (κ2) is 20.3. The Hall–Kier alpha value is -5.19. The number of guanidine groups is 1. The number of ether oxygens (including phenoxy) is 4. The molecule has 0 spiro atoms. The molecule has 0 saturated carbocycles. The van der Waals surface area contributed by atoms with E-state index < -0.39 is 79.1 Å². The molecule has 2 fully saturated rings. The number of aliphatic carboxylic acids is 1. The van der Waals surface area contributed by atoms with E-state index in [9.17, 15) is 24.3 Å². The molecular formula is C39H48N6O9. The molecule has 2 saturated heterocycles. The number of nitrogens with one attached hydrogen (secondary N) is 3. The van der Waals surface area contributed by atoms with Gasteiger partial charge in [-0.1, -0.05) is 91.0 Å². The number of carbonyl (C=O) groups excluding carboxylic acids is 3. The van der Waals surface area contributed by atoms with Crippen molar-refractivity contribution in [1.82, 2.24) is 16.0 Å². The number of rotatable bonds is 15. The molecule has 15 heteroatoms. The smallest absolute Gasteiger partial charge is 0.304 e. The normalized spacial score (nSPS) is 24.9. The highest BCUT2D eigenvalue weighted by molar-refractivity contribution is 5.94. The topological polar surface area (TPSA) is 226 Å². The van der Waals surface area contributed by atoms with Crippen molar-refractivity contribution < 1.29 is 43.2 Å². The highest BCUT2D eigenvalue weighted by Gasteiger charge is 2.52. The van der Waals surface area contributed by atoms with Gasteiger partial charge in [-0.3, -0.25) is 29.5 Å². The Morgan fingerprint density at radius 1 is 0.796 bits per heavy atom. The van der Waals surface area contributed by atoms with Gasteiger partial charge in [0.25, 0.3) is 0 Å². The van der Waals surface area contributed by atoms with Crippen molar-refractivity contribution in [2.24, 2.45) is 22.4 Å². The summed E-state index contributed by atoms with van der Waals surface area (Å²) in [6.07, 6.45) is -5.44. The van der Waals surface area contributed by atoms with Gasteiger partial charge in [0.15, 0.2) is 11.7 Å². The Kier molecular flexibility index (Phi) is 15.1. The summed E-state index contributed by atoms with van der Waals surface area (Å²) in [6, 6.07) is 27.2. The lowest BCUT2D eigenvalue weighted by Crippen LogP contribution is -2.67. The minimum absolute atomic E-state index is 0.0912. The zero-order valence-corrected chi connectivity index (χ0v) is 29.9. The lowest BCUT2D eigenvalue weighted by Gasteiger charge is -2.46. The number of fused-ring (bicyclic) bond motifs is 2. The summed E-state index contributed by atoms with van der Waals surface area (Å²) in [5, 5.41) is 18.1. The van der Waals surface area contributed by atoms with Gasteiger partial charge in [-0.2, -0.15) is 0 Å². The van der Waals surface area contributed by atoms with E-state index in [2.05, 4.69) is 20.9 Å². The predicted octanol–water partition coefficient (Wildman–Crippen LogP) is 1.39. The van der Waals surface area contributed by atoms with Gasteiger partial charge in [0.2, 0.25) is 11.8 Å². The van der Waals surface area contributed by atoms with Crippen LogP contribution in [-0.4, -0.2) is 91.0 Å². The van der Waals surface area contributed by atoms with E-state index in [-0.39, 0.29) is 45.3 Å². The Morgan fingerprint density at radius 3 is 1.87 bits per heavy atom. The van der Waals surface area contributed by atoms with Crippen LogP contribution in [0.1, 0.15) is 36.0 Å². The van der Waals surface area contributed by atoms with E-state index in [1.165, 1.54) is 0 Å². The van der Waals surface area contributed by atoms with Gasteiger partial charge in [-0.15, -0.1) is 0 Å². The molecule has 15 nitrogen and oxygen atoms in total. The molecule has 0 aliphatic carbocycles. The van der Waals surface area contributed by atoms with Crippen molar-refractivity contribution in [3.8, 4) is 0 Å². The fourth-order valence-corrected chi connectivity index (χ4v) is 6.36. The van der Waals surface area contributed by atoms with E-state index in [1.54, 1.807) is 0 Å². The molecule has 8 N–H and O–H groups in total. The van der Waals surface area contributed by atoms with Crippen LogP contribution in [0.25, 0.3) is 0 Å². The largest absolute Gasteiger partial charge is 0.481 e. The molecule has 54 heavy (non-hydrogen) atoms. The summed E-state index contributed by atoms with van der Waals surface area (Å²) in [6.45, 7) is -0.130. The lowest BCUT2D eigenvalue weighted by molar-refractivity contribution is -0.266. The minimum atomic E-state index is -1.32.